The lowest BCUT2D eigenvalue weighted by molar-refractivity contribution is 0.407. The third kappa shape index (κ3) is 1.81. The van der Waals surface area contributed by atoms with Gasteiger partial charge in [0.05, 0.1) is 7.11 Å². The molecular weight excluding hydrogens is 216 g/mol. The van der Waals surface area contributed by atoms with E-state index < -0.39 is 0 Å². The molecule has 0 saturated heterocycles. The number of halogens is 1. The van der Waals surface area contributed by atoms with E-state index in [9.17, 15) is 0 Å². The Morgan fingerprint density at radius 3 is 2.50 bits per heavy atom. The molecule has 0 aliphatic rings. The molecule has 0 aromatic heterocycles. The molecule has 0 atom stereocenters. The SMILES string of the molecule is CCc1cccc(CBr)c1OC. The fourth-order valence-electron chi connectivity index (χ4n) is 1.28. The number of hydrogen-bond donors (Lipinski definition) is 0. The molecule has 0 N–H and O–H groups in total. The quantitative estimate of drug-likeness (QED) is 0.723. The van der Waals surface area contributed by atoms with Gasteiger partial charge in [-0.1, -0.05) is 41.1 Å². The van der Waals surface area contributed by atoms with Gasteiger partial charge in [-0.25, -0.2) is 0 Å². The van der Waals surface area contributed by atoms with Crippen LogP contribution in [0.25, 0.3) is 0 Å². The van der Waals surface area contributed by atoms with Gasteiger partial charge in [-0.15, -0.1) is 0 Å². The summed E-state index contributed by atoms with van der Waals surface area (Å²) in [6.07, 6.45) is 1.02. The lowest BCUT2D eigenvalue weighted by Gasteiger charge is -2.10. The van der Waals surface area contributed by atoms with Crippen LogP contribution < -0.4 is 4.74 Å². The van der Waals surface area contributed by atoms with Gasteiger partial charge in [-0.3, -0.25) is 0 Å². The predicted molar refractivity (Wildman–Crippen MR) is 55.0 cm³/mol. The van der Waals surface area contributed by atoms with Gasteiger partial charge in [0.2, 0.25) is 0 Å². The van der Waals surface area contributed by atoms with Crippen molar-refractivity contribution in [2.24, 2.45) is 0 Å². The number of para-hydroxylation sites is 1. The number of ether oxygens (including phenoxy) is 1. The topological polar surface area (TPSA) is 9.23 Å². The minimum atomic E-state index is 0.851. The second-order valence-electron chi connectivity index (χ2n) is 2.60. The standard InChI is InChI=1S/C10H13BrO/c1-3-8-5-4-6-9(7-11)10(8)12-2/h4-6H,3,7H2,1-2H3. The summed E-state index contributed by atoms with van der Waals surface area (Å²) < 4.78 is 5.33. The first-order valence-electron chi connectivity index (χ1n) is 4.04. The van der Waals surface area contributed by atoms with Crippen LogP contribution in [0.2, 0.25) is 0 Å². The molecule has 1 aromatic carbocycles. The summed E-state index contributed by atoms with van der Waals surface area (Å²) in [5.74, 6) is 1.02. The average molecular weight is 229 g/mol. The van der Waals surface area contributed by atoms with Crippen LogP contribution in [0.1, 0.15) is 18.1 Å². The minimum absolute atomic E-state index is 0.851. The number of aryl methyl sites for hydroxylation is 1. The van der Waals surface area contributed by atoms with E-state index >= 15 is 0 Å². The highest BCUT2D eigenvalue weighted by Gasteiger charge is 2.04. The number of alkyl halides is 1. The van der Waals surface area contributed by atoms with Crippen molar-refractivity contribution < 1.29 is 4.74 Å². The smallest absolute Gasteiger partial charge is 0.126 e. The maximum Gasteiger partial charge on any atom is 0.126 e. The Hall–Kier alpha value is -0.500. The Balaban J connectivity index is 3.13. The summed E-state index contributed by atoms with van der Waals surface area (Å²) in [7, 11) is 1.72. The molecule has 0 aliphatic carbocycles. The molecule has 0 unspecified atom stereocenters. The largest absolute Gasteiger partial charge is 0.496 e. The molecule has 0 bridgehead atoms. The maximum absolute atomic E-state index is 5.33. The van der Waals surface area contributed by atoms with E-state index in [0.29, 0.717) is 0 Å². The predicted octanol–water partition coefficient (Wildman–Crippen LogP) is 3.15. The van der Waals surface area contributed by atoms with Crippen molar-refractivity contribution in [1.29, 1.82) is 0 Å². The van der Waals surface area contributed by atoms with Gasteiger partial charge in [0, 0.05) is 10.9 Å². The van der Waals surface area contributed by atoms with Crippen molar-refractivity contribution in [3.63, 3.8) is 0 Å². The van der Waals surface area contributed by atoms with Crippen LogP contribution in [0, 0.1) is 0 Å². The molecule has 0 saturated carbocycles. The van der Waals surface area contributed by atoms with E-state index in [2.05, 4.69) is 41.1 Å². The van der Waals surface area contributed by atoms with E-state index in [4.69, 9.17) is 4.74 Å². The molecule has 12 heavy (non-hydrogen) atoms. The Bertz CT molecular complexity index is 236. The average Bonchev–Trinajstić information content (AvgIpc) is 2.16. The number of hydrogen-bond acceptors (Lipinski definition) is 1. The van der Waals surface area contributed by atoms with Crippen LogP contribution in [0.5, 0.6) is 5.75 Å². The fourth-order valence-corrected chi connectivity index (χ4v) is 1.73. The molecule has 1 nitrogen and oxygen atoms in total. The Morgan fingerprint density at radius 1 is 1.33 bits per heavy atom. The molecule has 0 fully saturated rings. The Labute approximate surface area is 81.9 Å². The Morgan fingerprint density at radius 2 is 2.00 bits per heavy atom. The molecule has 0 amide bonds. The van der Waals surface area contributed by atoms with E-state index in [1.165, 1.54) is 11.1 Å². The van der Waals surface area contributed by atoms with Gasteiger partial charge < -0.3 is 4.74 Å². The van der Waals surface area contributed by atoms with E-state index in [-0.39, 0.29) is 0 Å². The van der Waals surface area contributed by atoms with Crippen molar-refractivity contribution in [3.8, 4) is 5.75 Å². The first-order valence-corrected chi connectivity index (χ1v) is 5.16. The molecule has 0 heterocycles. The van der Waals surface area contributed by atoms with Crippen LogP contribution in [0.3, 0.4) is 0 Å². The van der Waals surface area contributed by atoms with Crippen LogP contribution in [-0.2, 0) is 11.8 Å². The molecular formula is C10H13BrO. The van der Waals surface area contributed by atoms with Crippen molar-refractivity contribution in [3.05, 3.63) is 29.3 Å². The van der Waals surface area contributed by atoms with Crippen LogP contribution >= 0.6 is 15.9 Å². The highest BCUT2D eigenvalue weighted by Crippen LogP contribution is 2.25. The van der Waals surface area contributed by atoms with Crippen LogP contribution in [-0.4, -0.2) is 7.11 Å². The van der Waals surface area contributed by atoms with Crippen LogP contribution in [0.4, 0.5) is 0 Å². The molecule has 0 aliphatic heterocycles. The third-order valence-electron chi connectivity index (χ3n) is 1.91. The van der Waals surface area contributed by atoms with Crippen molar-refractivity contribution >= 4 is 15.9 Å². The van der Waals surface area contributed by atoms with Crippen molar-refractivity contribution in [2.75, 3.05) is 7.11 Å². The number of rotatable bonds is 3. The molecule has 1 aromatic rings. The van der Waals surface area contributed by atoms with Gasteiger partial charge >= 0.3 is 0 Å². The summed E-state index contributed by atoms with van der Waals surface area (Å²) in [5.41, 5.74) is 2.49. The minimum Gasteiger partial charge on any atom is -0.496 e. The first kappa shape index (κ1) is 9.59. The monoisotopic (exact) mass is 228 g/mol. The normalized spacial score (nSPS) is 9.92. The second kappa shape index (κ2) is 4.51. The highest BCUT2D eigenvalue weighted by molar-refractivity contribution is 9.08. The van der Waals surface area contributed by atoms with E-state index in [1.54, 1.807) is 7.11 Å². The highest BCUT2D eigenvalue weighted by atomic mass is 79.9. The fraction of sp³-hybridized carbons (Fsp3) is 0.400. The molecule has 66 valence electrons. The molecule has 2 heteroatoms. The lowest BCUT2D eigenvalue weighted by Crippen LogP contribution is -1.94. The second-order valence-corrected chi connectivity index (χ2v) is 3.16. The van der Waals surface area contributed by atoms with Gasteiger partial charge in [0.25, 0.3) is 0 Å². The summed E-state index contributed by atoms with van der Waals surface area (Å²) in [4.78, 5) is 0. The molecule has 1 rings (SSSR count). The maximum atomic E-state index is 5.33. The van der Waals surface area contributed by atoms with Crippen molar-refractivity contribution in [1.82, 2.24) is 0 Å². The number of methoxy groups -OCH3 is 1. The van der Waals surface area contributed by atoms with E-state index in [0.717, 1.165) is 17.5 Å². The van der Waals surface area contributed by atoms with Crippen LogP contribution in [0.15, 0.2) is 18.2 Å². The van der Waals surface area contributed by atoms with Gasteiger partial charge in [0.15, 0.2) is 0 Å². The summed E-state index contributed by atoms with van der Waals surface area (Å²) in [6, 6.07) is 6.25. The zero-order valence-corrected chi connectivity index (χ0v) is 9.02. The molecule has 0 spiro atoms. The Kier molecular flexibility index (Phi) is 3.60. The zero-order chi connectivity index (χ0) is 8.97. The van der Waals surface area contributed by atoms with Gasteiger partial charge in [-0.05, 0) is 12.0 Å². The zero-order valence-electron chi connectivity index (χ0n) is 7.43. The summed E-state index contributed by atoms with van der Waals surface area (Å²) >= 11 is 3.43. The van der Waals surface area contributed by atoms with Crippen molar-refractivity contribution in [2.45, 2.75) is 18.7 Å². The lowest BCUT2D eigenvalue weighted by atomic mass is 10.1. The summed E-state index contributed by atoms with van der Waals surface area (Å²) in [5, 5.41) is 0.851. The first-order chi connectivity index (χ1) is 5.83. The van der Waals surface area contributed by atoms with E-state index in [1.807, 2.05) is 0 Å². The van der Waals surface area contributed by atoms with Gasteiger partial charge in [0.1, 0.15) is 5.75 Å². The summed E-state index contributed by atoms with van der Waals surface area (Å²) in [6.45, 7) is 2.13. The third-order valence-corrected chi connectivity index (χ3v) is 2.51. The van der Waals surface area contributed by atoms with Gasteiger partial charge in [-0.2, -0.15) is 0 Å². The number of benzene rings is 1. The molecule has 0 radical (unpaired) electrons.